The first kappa shape index (κ1) is 6.29. The van der Waals surface area contributed by atoms with Crippen LogP contribution in [0.5, 0.6) is 0 Å². The number of carbonyl (C=O) groups excluding carboxylic acids is 1. The van der Waals surface area contributed by atoms with Crippen LogP contribution >= 0.6 is 11.6 Å². The van der Waals surface area contributed by atoms with E-state index in [0.717, 1.165) is 6.29 Å². The molecule has 1 rings (SSSR count). The molecule has 0 aliphatic carbocycles. The topological polar surface area (TPSA) is 43.1 Å². The molecule has 1 aromatic heterocycles. The van der Waals surface area contributed by atoms with Gasteiger partial charge in [-0.1, -0.05) is 16.8 Å². The van der Waals surface area contributed by atoms with Crippen LogP contribution in [0.1, 0.15) is 5.76 Å². The zero-order valence-corrected chi connectivity index (χ0v) is 5.26. The average Bonchev–Trinajstić information content (AvgIpc) is 2.17. The Balaban J connectivity index is 2.72. The number of hydrogen-bond donors (Lipinski definition) is 0. The van der Waals surface area contributed by atoms with Gasteiger partial charge in [0.15, 0.2) is 5.15 Å². The molecule has 0 aromatic carbocycles. The highest BCUT2D eigenvalue weighted by Gasteiger charge is 1.98. The molecule has 48 valence electrons. The molecule has 1 heterocycles. The van der Waals surface area contributed by atoms with E-state index in [2.05, 4.69) is 9.68 Å². The molecule has 1 aromatic rings. The van der Waals surface area contributed by atoms with Crippen LogP contribution in [0.3, 0.4) is 0 Å². The van der Waals surface area contributed by atoms with Crippen molar-refractivity contribution < 1.29 is 9.32 Å². The number of carbonyl (C=O) groups is 1. The van der Waals surface area contributed by atoms with Gasteiger partial charge in [-0.25, -0.2) is 0 Å². The summed E-state index contributed by atoms with van der Waals surface area (Å²) < 4.78 is 4.59. The molecular formula is C5H4ClNO2. The van der Waals surface area contributed by atoms with E-state index in [0.29, 0.717) is 5.76 Å². The Morgan fingerprint density at radius 3 is 3.11 bits per heavy atom. The Labute approximate surface area is 56.6 Å². The summed E-state index contributed by atoms with van der Waals surface area (Å²) in [6.45, 7) is 0. The molecule has 0 spiro atoms. The number of hydrogen-bond acceptors (Lipinski definition) is 3. The Bertz CT molecular complexity index is 208. The molecule has 0 fully saturated rings. The van der Waals surface area contributed by atoms with E-state index in [1.807, 2.05) is 0 Å². The van der Waals surface area contributed by atoms with Gasteiger partial charge in [-0.3, -0.25) is 0 Å². The van der Waals surface area contributed by atoms with Gasteiger partial charge in [-0.2, -0.15) is 0 Å². The zero-order valence-electron chi connectivity index (χ0n) is 4.50. The van der Waals surface area contributed by atoms with Crippen LogP contribution in [0.2, 0.25) is 5.15 Å². The van der Waals surface area contributed by atoms with E-state index in [9.17, 15) is 4.79 Å². The number of nitrogens with zero attached hydrogens (tertiary/aromatic N) is 1. The first-order valence-electron chi connectivity index (χ1n) is 2.37. The molecule has 0 saturated carbocycles. The zero-order chi connectivity index (χ0) is 6.69. The minimum absolute atomic E-state index is 0.236. The molecule has 0 amide bonds. The van der Waals surface area contributed by atoms with E-state index < -0.39 is 0 Å². The van der Waals surface area contributed by atoms with Crippen molar-refractivity contribution >= 4 is 17.9 Å². The number of rotatable bonds is 2. The minimum atomic E-state index is 0.236. The Kier molecular flexibility index (Phi) is 1.85. The maximum Gasteiger partial charge on any atom is 0.172 e. The van der Waals surface area contributed by atoms with Gasteiger partial charge in [0.1, 0.15) is 12.0 Å². The lowest BCUT2D eigenvalue weighted by Gasteiger charge is -1.76. The van der Waals surface area contributed by atoms with Gasteiger partial charge in [0, 0.05) is 6.07 Å². The van der Waals surface area contributed by atoms with Gasteiger partial charge in [-0.15, -0.1) is 0 Å². The van der Waals surface area contributed by atoms with E-state index in [4.69, 9.17) is 11.6 Å². The third-order valence-corrected chi connectivity index (χ3v) is 0.993. The lowest BCUT2D eigenvalue weighted by Crippen LogP contribution is -1.78. The van der Waals surface area contributed by atoms with E-state index in [1.54, 1.807) is 0 Å². The fourth-order valence-corrected chi connectivity index (χ4v) is 0.622. The maximum atomic E-state index is 9.85. The van der Waals surface area contributed by atoms with E-state index in [-0.39, 0.29) is 11.6 Å². The monoisotopic (exact) mass is 145 g/mol. The summed E-state index contributed by atoms with van der Waals surface area (Å²) in [5, 5.41) is 3.65. The van der Waals surface area contributed by atoms with Gasteiger partial charge in [-0.05, 0) is 0 Å². The first-order valence-corrected chi connectivity index (χ1v) is 2.75. The predicted octanol–water partition coefficient (Wildman–Crippen LogP) is 1.07. The van der Waals surface area contributed by atoms with Gasteiger partial charge in [0.05, 0.1) is 6.42 Å². The molecule has 0 radical (unpaired) electrons. The molecule has 4 heteroatoms. The standard InChI is InChI=1S/C5H4ClNO2/c6-5-3-4(1-2-8)9-7-5/h2-3H,1H2. The van der Waals surface area contributed by atoms with Crippen molar-refractivity contribution in [2.45, 2.75) is 6.42 Å². The molecule has 9 heavy (non-hydrogen) atoms. The van der Waals surface area contributed by atoms with Crippen LogP contribution in [0.4, 0.5) is 0 Å². The van der Waals surface area contributed by atoms with E-state index in [1.165, 1.54) is 6.07 Å². The Morgan fingerprint density at radius 2 is 2.67 bits per heavy atom. The normalized spacial score (nSPS) is 9.44. The summed E-state index contributed by atoms with van der Waals surface area (Å²) in [7, 11) is 0. The summed E-state index contributed by atoms with van der Waals surface area (Å²) >= 11 is 5.38. The molecule has 3 nitrogen and oxygen atoms in total. The highest BCUT2D eigenvalue weighted by molar-refractivity contribution is 6.29. The summed E-state index contributed by atoms with van der Waals surface area (Å²) in [6, 6.07) is 1.51. The lowest BCUT2D eigenvalue weighted by atomic mass is 10.4. The number of halogens is 1. The van der Waals surface area contributed by atoms with E-state index >= 15 is 0 Å². The van der Waals surface area contributed by atoms with Crippen molar-refractivity contribution in [3.05, 3.63) is 17.0 Å². The van der Waals surface area contributed by atoms with Gasteiger partial charge in [0.2, 0.25) is 0 Å². The van der Waals surface area contributed by atoms with Crippen molar-refractivity contribution in [3.8, 4) is 0 Å². The molecule has 0 aliphatic heterocycles. The third kappa shape index (κ3) is 1.54. The fourth-order valence-electron chi connectivity index (χ4n) is 0.466. The van der Waals surface area contributed by atoms with Crippen LogP contribution in [-0.2, 0) is 11.2 Å². The van der Waals surface area contributed by atoms with Crippen LogP contribution in [0.25, 0.3) is 0 Å². The van der Waals surface area contributed by atoms with Crippen molar-refractivity contribution in [3.63, 3.8) is 0 Å². The second-order valence-corrected chi connectivity index (χ2v) is 1.87. The molecule has 0 aliphatic rings. The predicted molar refractivity (Wildman–Crippen MR) is 31.3 cm³/mol. The minimum Gasteiger partial charge on any atom is -0.359 e. The SMILES string of the molecule is O=CCc1cc(Cl)no1. The third-order valence-electron chi connectivity index (χ3n) is 0.815. The van der Waals surface area contributed by atoms with Crippen LogP contribution in [0, 0.1) is 0 Å². The number of aromatic nitrogens is 1. The fraction of sp³-hybridized carbons (Fsp3) is 0.200. The average molecular weight is 146 g/mol. The van der Waals surface area contributed by atoms with Gasteiger partial charge in [0.25, 0.3) is 0 Å². The molecule has 0 N–H and O–H groups in total. The molecule has 0 saturated heterocycles. The van der Waals surface area contributed by atoms with Crippen molar-refractivity contribution in [2.75, 3.05) is 0 Å². The summed E-state index contributed by atoms with van der Waals surface area (Å²) in [4.78, 5) is 9.85. The first-order chi connectivity index (χ1) is 4.33. The van der Waals surface area contributed by atoms with Crippen LogP contribution in [0.15, 0.2) is 10.6 Å². The molecule has 0 unspecified atom stereocenters. The summed E-state index contributed by atoms with van der Waals surface area (Å²) in [6.07, 6.45) is 0.969. The maximum absolute atomic E-state index is 9.85. The smallest absolute Gasteiger partial charge is 0.172 e. The quantitative estimate of drug-likeness (QED) is 0.585. The highest BCUT2D eigenvalue weighted by atomic mass is 35.5. The van der Waals surface area contributed by atoms with Gasteiger partial charge < -0.3 is 9.32 Å². The molecular weight excluding hydrogens is 142 g/mol. The summed E-state index contributed by atoms with van der Waals surface area (Å²) in [5.41, 5.74) is 0. The van der Waals surface area contributed by atoms with Crippen LogP contribution in [-0.4, -0.2) is 11.4 Å². The van der Waals surface area contributed by atoms with Crippen LogP contribution < -0.4 is 0 Å². The van der Waals surface area contributed by atoms with Crippen molar-refractivity contribution in [2.24, 2.45) is 0 Å². The molecule has 0 bridgehead atoms. The lowest BCUT2D eigenvalue weighted by molar-refractivity contribution is -0.107. The molecule has 0 atom stereocenters. The largest absolute Gasteiger partial charge is 0.359 e. The Morgan fingerprint density at radius 1 is 1.89 bits per heavy atom. The van der Waals surface area contributed by atoms with Crippen molar-refractivity contribution in [1.29, 1.82) is 0 Å². The highest BCUT2D eigenvalue weighted by Crippen LogP contribution is 2.07. The second-order valence-electron chi connectivity index (χ2n) is 1.49. The summed E-state index contributed by atoms with van der Waals surface area (Å²) in [5.74, 6) is 0.495. The second kappa shape index (κ2) is 2.64. The van der Waals surface area contributed by atoms with Gasteiger partial charge >= 0.3 is 0 Å². The van der Waals surface area contributed by atoms with Crippen molar-refractivity contribution in [1.82, 2.24) is 5.16 Å². The number of aldehydes is 1. The Hall–Kier alpha value is -0.830.